The largest absolute Gasteiger partial charge is 0.481 e. The molecule has 6 nitrogen and oxygen atoms in total. The van der Waals surface area contributed by atoms with E-state index in [-0.39, 0.29) is 5.96 Å². The van der Waals surface area contributed by atoms with Gasteiger partial charge < -0.3 is 10.8 Å². The van der Waals surface area contributed by atoms with E-state index in [1.807, 2.05) is 0 Å². The number of nitrogens with zero attached hydrogens (tertiary/aromatic N) is 1. The maximum absolute atomic E-state index is 12.8. The minimum atomic E-state index is -0.833. The van der Waals surface area contributed by atoms with Gasteiger partial charge in [0.15, 0.2) is 1.41 Å². The quantitative estimate of drug-likeness (QED) is 0.371. The Labute approximate surface area is 109 Å². The Hall–Kier alpha value is -2.15. The molecule has 98 valence electrons. The highest BCUT2D eigenvalue weighted by Crippen LogP contribution is 2.14. The second kappa shape index (κ2) is 8.02. The third-order valence-corrected chi connectivity index (χ3v) is 1.68. The first-order valence-corrected chi connectivity index (χ1v) is 4.95. The zero-order chi connectivity index (χ0) is 14.8. The molecule has 0 unspecified atom stereocenters. The van der Waals surface area contributed by atoms with Crippen LogP contribution in [0.3, 0.4) is 0 Å². The van der Waals surface area contributed by atoms with E-state index in [4.69, 9.17) is 28.6 Å². The van der Waals surface area contributed by atoms with Gasteiger partial charge in [0.1, 0.15) is 5.82 Å². The van der Waals surface area contributed by atoms with Crippen LogP contribution in [0.2, 0.25) is 6.43 Å². The summed E-state index contributed by atoms with van der Waals surface area (Å²) in [6.45, 7) is 1.08. The third kappa shape index (κ3) is 8.05. The fraction of sp³-hybridized carbons (Fsp3) is 0.100. The monoisotopic (exact) mass is 274 g/mol. The minimum absolute atomic E-state index is 0.168. The van der Waals surface area contributed by atoms with Gasteiger partial charge in [-0.1, -0.05) is 11.6 Å². The lowest BCUT2D eigenvalue weighted by molar-refractivity contribution is -0.134. The highest BCUT2D eigenvalue weighted by Gasteiger charge is 1.98. The van der Waals surface area contributed by atoms with E-state index in [0.717, 1.165) is 6.92 Å². The van der Waals surface area contributed by atoms with Crippen LogP contribution in [0.5, 0.6) is 0 Å². The summed E-state index contributed by atoms with van der Waals surface area (Å²) in [5, 5.41) is 14.3. The van der Waals surface area contributed by atoms with Crippen LogP contribution in [0, 0.1) is 11.2 Å². The van der Waals surface area contributed by atoms with Crippen molar-refractivity contribution < 1.29 is 15.7 Å². The van der Waals surface area contributed by atoms with Gasteiger partial charge in [-0.25, -0.2) is 9.82 Å². The molecule has 0 amide bonds. The van der Waals surface area contributed by atoms with Crippen LogP contribution < -0.4 is 11.2 Å². The molecule has 0 spiro atoms. The first-order chi connectivity index (χ1) is 8.86. The Morgan fingerprint density at radius 1 is 1.78 bits per heavy atom. The number of nitrogens with two attached hydrogens (primary N) is 1. The number of hydrogen-bond donors (Lipinski definition) is 4. The highest BCUT2D eigenvalue weighted by molar-refractivity contribution is 6.33. The average molecular weight is 275 g/mol. The summed E-state index contributed by atoms with van der Waals surface area (Å²) in [5.41, 5.74) is 7.80. The van der Waals surface area contributed by atoms with E-state index < -0.39 is 11.8 Å². The molecule has 1 aromatic rings. The molecule has 0 aliphatic carbocycles. The number of hydrazone groups is 1. The van der Waals surface area contributed by atoms with E-state index in [2.05, 4.69) is 15.9 Å². The summed E-state index contributed by atoms with van der Waals surface area (Å²) in [6, 6.07) is 3.88. The maximum Gasteiger partial charge on any atom is 0.300 e. The van der Waals surface area contributed by atoms with Crippen molar-refractivity contribution in [3.05, 3.63) is 34.6 Å². The molecular weight excluding hydrogens is 263 g/mol. The van der Waals surface area contributed by atoms with E-state index in [1.165, 1.54) is 24.4 Å². The van der Waals surface area contributed by atoms with Gasteiger partial charge in [-0.3, -0.25) is 10.2 Å². The van der Waals surface area contributed by atoms with Crippen molar-refractivity contribution >= 4 is 29.7 Å². The lowest BCUT2D eigenvalue weighted by Crippen LogP contribution is -2.25. The Morgan fingerprint density at radius 3 is 2.94 bits per heavy atom. The van der Waals surface area contributed by atoms with Crippen molar-refractivity contribution in [3.63, 3.8) is 0 Å². The first-order valence-electron chi connectivity index (χ1n) is 5.02. The first kappa shape index (κ1) is 13.9. The molecule has 0 bridgehead atoms. The number of carboxylic acids is 1. The molecule has 0 aliphatic heterocycles. The zero-order valence-electron chi connectivity index (χ0n) is 10.4. The second-order valence-corrected chi connectivity index (χ2v) is 3.35. The van der Waals surface area contributed by atoms with Gasteiger partial charge in [0.05, 0.1) is 6.21 Å². The van der Waals surface area contributed by atoms with E-state index in [9.17, 15) is 4.39 Å². The van der Waals surface area contributed by atoms with Gasteiger partial charge in [-0.2, -0.15) is 5.10 Å². The summed E-state index contributed by atoms with van der Waals surface area (Å²) in [6.07, 6.45) is 1.28. The second-order valence-electron chi connectivity index (χ2n) is 2.94. The molecule has 0 heterocycles. The zero-order valence-corrected chi connectivity index (χ0v) is 10.1. The molecule has 0 radical (unpaired) electrons. The smallest absolute Gasteiger partial charge is 0.300 e. The average Bonchev–Trinajstić information content (AvgIpc) is 2.32. The van der Waals surface area contributed by atoms with Gasteiger partial charge in [0.2, 0.25) is 5.96 Å². The summed E-state index contributed by atoms with van der Waals surface area (Å²) < 4.78 is 19.3. The number of nitrogens with one attached hydrogen (secondary N) is 2. The number of rotatable bonds is 2. The number of benzene rings is 1. The number of aliphatic carboxylic acids is 1. The summed E-state index contributed by atoms with van der Waals surface area (Å²) in [5.74, 6) is -1.42. The molecule has 5 N–H and O–H groups in total. The number of guanidine groups is 1. The SMILES string of the molecule is CC(=O)O.[H]/N=C(\N)NN=Cc1cc(F)ccc1Cl. The fourth-order valence-electron chi connectivity index (χ4n) is 0.781. The Balaban J connectivity index is 0.000000711. The normalized spacial score (nSPS) is 11.5. The van der Waals surface area contributed by atoms with Crippen molar-refractivity contribution in [2.45, 2.75) is 6.92 Å². The number of carbonyl (C=O) groups is 1. The summed E-state index contributed by atoms with van der Waals surface area (Å²) >= 11 is 5.76. The molecule has 0 aliphatic rings. The molecule has 0 saturated carbocycles. The van der Waals surface area contributed by atoms with Gasteiger partial charge in [-0.05, 0) is 18.2 Å². The maximum atomic E-state index is 12.8. The van der Waals surface area contributed by atoms with Crippen molar-refractivity contribution in [2.24, 2.45) is 10.8 Å². The summed E-state index contributed by atoms with van der Waals surface area (Å²) in [4.78, 5) is 9.00. The van der Waals surface area contributed by atoms with Crippen LogP contribution in [-0.4, -0.2) is 23.2 Å². The predicted molar refractivity (Wildman–Crippen MR) is 67.4 cm³/mol. The van der Waals surface area contributed by atoms with Crippen molar-refractivity contribution in [1.29, 1.82) is 5.40 Å². The van der Waals surface area contributed by atoms with Crippen LogP contribution in [0.15, 0.2) is 23.3 Å². The van der Waals surface area contributed by atoms with Crippen molar-refractivity contribution in [3.8, 4) is 0 Å². The topological polar surface area (TPSA) is 112 Å². The molecule has 8 heteroatoms. The van der Waals surface area contributed by atoms with Gasteiger partial charge in [0, 0.05) is 17.5 Å². The minimum Gasteiger partial charge on any atom is -0.481 e. The van der Waals surface area contributed by atoms with Gasteiger partial charge in [-0.15, -0.1) is 0 Å². The lowest BCUT2D eigenvalue weighted by Gasteiger charge is -1.98. The van der Waals surface area contributed by atoms with Gasteiger partial charge >= 0.3 is 0 Å². The Kier molecular flexibility index (Phi) is 6.20. The summed E-state index contributed by atoms with van der Waals surface area (Å²) in [7, 11) is 0. The van der Waals surface area contributed by atoms with E-state index >= 15 is 0 Å². The Bertz CT molecular complexity index is 492. The molecule has 0 saturated heterocycles. The fourth-order valence-corrected chi connectivity index (χ4v) is 0.948. The standard InChI is InChI=1S/C8H8ClFN4.C2H4O2/c9-7-2-1-6(10)3-5(7)4-13-14-8(11)12;1-2(3)4/h1-4H,(H4,11,12,14);1H3,(H,3,4). The van der Waals surface area contributed by atoms with Crippen LogP contribution in [0.1, 0.15) is 12.5 Å². The lowest BCUT2D eigenvalue weighted by atomic mass is 10.2. The van der Waals surface area contributed by atoms with Crippen molar-refractivity contribution in [1.82, 2.24) is 5.43 Å². The van der Waals surface area contributed by atoms with Crippen molar-refractivity contribution in [2.75, 3.05) is 0 Å². The van der Waals surface area contributed by atoms with Crippen LogP contribution >= 0.6 is 11.6 Å². The van der Waals surface area contributed by atoms with E-state index in [0.29, 0.717) is 10.6 Å². The van der Waals surface area contributed by atoms with Crippen LogP contribution in [0.4, 0.5) is 4.39 Å². The molecule has 1 aromatic carbocycles. The molecule has 18 heavy (non-hydrogen) atoms. The molecule has 1 rings (SSSR count). The predicted octanol–water partition coefficient (Wildman–Crippen LogP) is 1.39. The molecule has 0 atom stereocenters. The molecule has 0 fully saturated rings. The van der Waals surface area contributed by atoms with E-state index in [1.54, 1.807) is 0 Å². The number of hydrogen-bond acceptors (Lipinski definition) is 3. The van der Waals surface area contributed by atoms with Gasteiger partial charge in [0.25, 0.3) is 5.97 Å². The Morgan fingerprint density at radius 2 is 2.39 bits per heavy atom. The molecular formula is C10H12ClFN4O2. The number of halogens is 2. The molecule has 0 aromatic heterocycles. The van der Waals surface area contributed by atoms with Crippen LogP contribution in [0.25, 0.3) is 0 Å². The van der Waals surface area contributed by atoms with Crippen LogP contribution in [-0.2, 0) is 4.79 Å². The highest BCUT2D eigenvalue weighted by atomic mass is 35.5. The third-order valence-electron chi connectivity index (χ3n) is 1.34. The number of carboxylic acid groups (broad SMARTS) is 1.